The lowest BCUT2D eigenvalue weighted by Crippen LogP contribution is -2.29. The van der Waals surface area contributed by atoms with Crippen LogP contribution in [0.5, 0.6) is 0 Å². The maximum absolute atomic E-state index is 11.1. The van der Waals surface area contributed by atoms with Gasteiger partial charge in [-0.1, -0.05) is 15.9 Å². The van der Waals surface area contributed by atoms with Crippen LogP contribution in [-0.2, 0) is 6.54 Å². The highest BCUT2D eigenvalue weighted by Gasteiger charge is 2.05. The van der Waals surface area contributed by atoms with E-state index < -0.39 is 11.1 Å². The molecule has 1 heterocycles. The summed E-state index contributed by atoms with van der Waals surface area (Å²) in [6.07, 6.45) is 0. The Hall–Kier alpha value is -1.11. The zero-order valence-corrected chi connectivity index (χ0v) is 10.4. The molecule has 0 radical (unpaired) electrons. The molecule has 0 saturated carbocycles. The fourth-order valence-corrected chi connectivity index (χ4v) is 1.93. The monoisotopic (exact) mass is 305 g/mol. The molecule has 0 saturated heterocycles. The normalized spacial score (nSPS) is 10.1. The Bertz CT molecular complexity index is 635. The van der Waals surface area contributed by atoms with E-state index >= 15 is 0 Å². The van der Waals surface area contributed by atoms with Gasteiger partial charge in [0, 0.05) is 11.0 Å². The summed E-state index contributed by atoms with van der Waals surface area (Å²) in [4.78, 5) is 27.2. The standard InChI is InChI=1S/C9H8BrN3O2.ClH/c10-5-1-4(3-11)7-6(2-5)12-8(14)9(15)13-7;/h1-2H,3,11H2,(H,12,14)(H,13,15);1H. The van der Waals surface area contributed by atoms with Crippen LogP contribution in [0.15, 0.2) is 26.2 Å². The fraction of sp³-hybridized carbons (Fsp3) is 0.111. The summed E-state index contributed by atoms with van der Waals surface area (Å²) in [6, 6.07) is 3.52. The Morgan fingerprint density at radius 3 is 2.44 bits per heavy atom. The van der Waals surface area contributed by atoms with Gasteiger partial charge in [0.15, 0.2) is 0 Å². The van der Waals surface area contributed by atoms with Crippen molar-refractivity contribution in [3.63, 3.8) is 0 Å². The molecule has 1 aromatic heterocycles. The molecule has 2 rings (SSSR count). The van der Waals surface area contributed by atoms with Gasteiger partial charge in [-0.15, -0.1) is 12.4 Å². The zero-order valence-electron chi connectivity index (χ0n) is 8.04. The smallest absolute Gasteiger partial charge is 0.314 e. The molecule has 0 aliphatic heterocycles. The predicted molar refractivity (Wildman–Crippen MR) is 68.0 cm³/mol. The minimum absolute atomic E-state index is 0. The molecule has 16 heavy (non-hydrogen) atoms. The first-order chi connectivity index (χ1) is 7.11. The molecule has 0 bridgehead atoms. The number of aromatic amines is 2. The van der Waals surface area contributed by atoms with Crippen molar-refractivity contribution in [2.75, 3.05) is 0 Å². The number of nitrogens with one attached hydrogen (secondary N) is 2. The van der Waals surface area contributed by atoms with Crippen LogP contribution < -0.4 is 16.9 Å². The quantitative estimate of drug-likeness (QED) is 0.682. The summed E-state index contributed by atoms with van der Waals surface area (Å²) in [5.74, 6) is 0. The number of H-pyrrole nitrogens is 2. The van der Waals surface area contributed by atoms with Gasteiger partial charge in [0.05, 0.1) is 11.0 Å². The average Bonchev–Trinajstić information content (AvgIpc) is 2.19. The molecule has 2 aromatic rings. The molecule has 1 aromatic carbocycles. The SMILES string of the molecule is Cl.NCc1cc(Br)cc2[nH]c(=O)c(=O)[nH]c12. The van der Waals surface area contributed by atoms with Crippen molar-refractivity contribution in [1.29, 1.82) is 0 Å². The highest BCUT2D eigenvalue weighted by Crippen LogP contribution is 2.19. The highest BCUT2D eigenvalue weighted by molar-refractivity contribution is 9.10. The van der Waals surface area contributed by atoms with E-state index in [1.54, 1.807) is 12.1 Å². The van der Waals surface area contributed by atoms with Crippen molar-refractivity contribution in [3.8, 4) is 0 Å². The van der Waals surface area contributed by atoms with Gasteiger partial charge in [-0.3, -0.25) is 9.59 Å². The molecule has 0 amide bonds. The number of fused-ring (bicyclic) bond motifs is 1. The van der Waals surface area contributed by atoms with Crippen molar-refractivity contribution in [2.24, 2.45) is 5.73 Å². The summed E-state index contributed by atoms with van der Waals surface area (Å²) >= 11 is 3.30. The molecule has 0 atom stereocenters. The van der Waals surface area contributed by atoms with Crippen LogP contribution in [0.4, 0.5) is 0 Å². The van der Waals surface area contributed by atoms with E-state index in [0.717, 1.165) is 10.0 Å². The summed E-state index contributed by atoms with van der Waals surface area (Å²) in [6.45, 7) is 0.290. The lowest BCUT2D eigenvalue weighted by molar-refractivity contribution is 1.05. The van der Waals surface area contributed by atoms with E-state index in [0.29, 0.717) is 11.0 Å². The molecule has 7 heteroatoms. The Balaban J connectivity index is 0.00000128. The molecular formula is C9H9BrClN3O2. The van der Waals surface area contributed by atoms with Gasteiger partial charge in [-0.2, -0.15) is 0 Å². The van der Waals surface area contributed by atoms with E-state index in [9.17, 15) is 9.59 Å². The van der Waals surface area contributed by atoms with E-state index in [1.807, 2.05) is 0 Å². The summed E-state index contributed by atoms with van der Waals surface area (Å²) in [5.41, 5.74) is 6.12. The first kappa shape index (κ1) is 13.0. The van der Waals surface area contributed by atoms with E-state index in [2.05, 4.69) is 25.9 Å². The van der Waals surface area contributed by atoms with E-state index in [1.165, 1.54) is 0 Å². The van der Waals surface area contributed by atoms with Gasteiger partial charge in [0.25, 0.3) is 0 Å². The minimum atomic E-state index is -0.667. The first-order valence-electron chi connectivity index (χ1n) is 4.26. The number of hydrogen-bond donors (Lipinski definition) is 3. The average molecular weight is 307 g/mol. The molecule has 4 N–H and O–H groups in total. The van der Waals surface area contributed by atoms with Gasteiger partial charge in [0.2, 0.25) is 0 Å². The Morgan fingerprint density at radius 1 is 1.19 bits per heavy atom. The van der Waals surface area contributed by atoms with Crippen LogP contribution in [0, 0.1) is 0 Å². The van der Waals surface area contributed by atoms with Gasteiger partial charge in [-0.05, 0) is 17.7 Å². The topological polar surface area (TPSA) is 91.7 Å². The number of hydrogen-bond acceptors (Lipinski definition) is 3. The molecular weight excluding hydrogens is 297 g/mol. The van der Waals surface area contributed by atoms with Crippen LogP contribution in [0.3, 0.4) is 0 Å². The summed E-state index contributed by atoms with van der Waals surface area (Å²) in [5, 5.41) is 0. The third-order valence-electron chi connectivity index (χ3n) is 2.10. The van der Waals surface area contributed by atoms with Crippen LogP contribution in [0.25, 0.3) is 11.0 Å². The second-order valence-electron chi connectivity index (χ2n) is 3.10. The van der Waals surface area contributed by atoms with Crippen molar-refractivity contribution in [2.45, 2.75) is 6.54 Å². The predicted octanol–water partition coefficient (Wildman–Crippen LogP) is 0.859. The third-order valence-corrected chi connectivity index (χ3v) is 2.56. The number of aromatic nitrogens is 2. The number of nitrogens with two attached hydrogens (primary N) is 1. The van der Waals surface area contributed by atoms with Gasteiger partial charge >= 0.3 is 11.1 Å². The molecule has 0 spiro atoms. The number of benzene rings is 1. The van der Waals surface area contributed by atoms with E-state index in [4.69, 9.17) is 5.73 Å². The molecule has 5 nitrogen and oxygen atoms in total. The molecule has 0 aliphatic carbocycles. The molecule has 0 unspecified atom stereocenters. The van der Waals surface area contributed by atoms with E-state index in [-0.39, 0.29) is 19.0 Å². The van der Waals surface area contributed by atoms with Gasteiger partial charge in [-0.25, -0.2) is 0 Å². The maximum atomic E-state index is 11.1. The second kappa shape index (κ2) is 4.82. The minimum Gasteiger partial charge on any atom is -0.326 e. The summed E-state index contributed by atoms with van der Waals surface area (Å²) in [7, 11) is 0. The van der Waals surface area contributed by atoms with Crippen molar-refractivity contribution >= 4 is 39.4 Å². The van der Waals surface area contributed by atoms with Crippen molar-refractivity contribution in [3.05, 3.63) is 42.9 Å². The molecule has 0 fully saturated rings. The van der Waals surface area contributed by atoms with Crippen LogP contribution in [0.2, 0.25) is 0 Å². The molecule has 0 aliphatic rings. The molecule has 86 valence electrons. The Labute approximate surface area is 105 Å². The van der Waals surface area contributed by atoms with Crippen LogP contribution in [0.1, 0.15) is 5.56 Å². The second-order valence-corrected chi connectivity index (χ2v) is 4.02. The number of halogens is 2. The van der Waals surface area contributed by atoms with Crippen LogP contribution in [-0.4, -0.2) is 9.97 Å². The Morgan fingerprint density at radius 2 is 1.81 bits per heavy atom. The largest absolute Gasteiger partial charge is 0.326 e. The van der Waals surface area contributed by atoms with Gasteiger partial charge < -0.3 is 15.7 Å². The lowest BCUT2D eigenvalue weighted by atomic mass is 10.2. The van der Waals surface area contributed by atoms with Crippen molar-refractivity contribution in [1.82, 2.24) is 9.97 Å². The zero-order chi connectivity index (χ0) is 11.0. The summed E-state index contributed by atoms with van der Waals surface area (Å²) < 4.78 is 0.804. The number of rotatable bonds is 1. The Kier molecular flexibility index (Phi) is 3.90. The highest BCUT2D eigenvalue weighted by atomic mass is 79.9. The maximum Gasteiger partial charge on any atom is 0.314 e. The van der Waals surface area contributed by atoms with Gasteiger partial charge in [0.1, 0.15) is 0 Å². The third kappa shape index (κ3) is 2.18. The van der Waals surface area contributed by atoms with Crippen molar-refractivity contribution < 1.29 is 0 Å². The fourth-order valence-electron chi connectivity index (χ4n) is 1.42. The first-order valence-corrected chi connectivity index (χ1v) is 5.06. The van der Waals surface area contributed by atoms with Crippen LogP contribution >= 0.6 is 28.3 Å². The lowest BCUT2D eigenvalue weighted by Gasteiger charge is -2.04.